The smallest absolute Gasteiger partial charge is 0.314 e. The highest BCUT2D eigenvalue weighted by Crippen LogP contribution is 2.23. The normalized spacial score (nSPS) is 11.7. The van der Waals surface area contributed by atoms with Crippen LogP contribution in [-0.2, 0) is 9.53 Å². The number of carbonyl (C=O) groups excluding carboxylic acids is 1. The molecule has 0 bridgehead atoms. The maximum Gasteiger partial charge on any atom is 0.314 e. The number of pyridine rings is 1. The van der Waals surface area contributed by atoms with E-state index < -0.39 is 11.9 Å². The van der Waals surface area contributed by atoms with Gasteiger partial charge in [-0.2, -0.15) is 0 Å². The number of halogens is 1. The Morgan fingerprint density at radius 2 is 1.93 bits per heavy atom. The van der Waals surface area contributed by atoms with Crippen molar-refractivity contribution in [1.29, 1.82) is 0 Å². The fourth-order valence-electron chi connectivity index (χ4n) is 2.80. The van der Waals surface area contributed by atoms with E-state index >= 15 is 0 Å². The SMILES string of the molecule is COC(=O)C(CNc1nc(-c2cccnc2)nc(C)c1C)c1ccc(F)cc1. The standard InChI is InChI=1S/C21H21FN4O2/c1-13-14(2)25-20(16-5-4-10-23-11-16)26-19(13)24-12-18(21(27)28-3)15-6-8-17(22)9-7-15/h4-11,18H,12H2,1-3H3,(H,24,25,26). The van der Waals surface area contributed by atoms with Gasteiger partial charge in [-0.05, 0) is 43.7 Å². The molecule has 6 nitrogen and oxygen atoms in total. The Bertz CT molecular complexity index is 962. The van der Waals surface area contributed by atoms with Crippen LogP contribution in [0, 0.1) is 19.7 Å². The van der Waals surface area contributed by atoms with Crippen molar-refractivity contribution in [3.05, 3.63) is 71.4 Å². The number of anilines is 1. The Morgan fingerprint density at radius 1 is 1.18 bits per heavy atom. The van der Waals surface area contributed by atoms with Crippen molar-refractivity contribution < 1.29 is 13.9 Å². The highest BCUT2D eigenvalue weighted by atomic mass is 19.1. The third kappa shape index (κ3) is 4.31. The van der Waals surface area contributed by atoms with Crippen LogP contribution in [0.4, 0.5) is 10.2 Å². The molecule has 3 aromatic rings. The first-order valence-electron chi connectivity index (χ1n) is 8.82. The molecule has 144 valence electrons. The fourth-order valence-corrected chi connectivity index (χ4v) is 2.80. The van der Waals surface area contributed by atoms with Crippen molar-refractivity contribution in [1.82, 2.24) is 15.0 Å². The van der Waals surface area contributed by atoms with Crippen LogP contribution in [0.1, 0.15) is 22.7 Å². The van der Waals surface area contributed by atoms with E-state index in [9.17, 15) is 9.18 Å². The van der Waals surface area contributed by atoms with Gasteiger partial charge in [-0.3, -0.25) is 9.78 Å². The van der Waals surface area contributed by atoms with Crippen LogP contribution >= 0.6 is 0 Å². The van der Waals surface area contributed by atoms with E-state index in [1.807, 2.05) is 26.0 Å². The van der Waals surface area contributed by atoms with Crippen LogP contribution < -0.4 is 5.32 Å². The van der Waals surface area contributed by atoms with Crippen molar-refractivity contribution in [2.45, 2.75) is 19.8 Å². The molecule has 0 saturated heterocycles. The predicted octanol–water partition coefficient (Wildman–Crippen LogP) is 3.66. The number of aromatic nitrogens is 3. The van der Waals surface area contributed by atoms with E-state index in [0.717, 1.165) is 16.8 Å². The number of esters is 1. The molecule has 0 saturated carbocycles. The van der Waals surface area contributed by atoms with Crippen LogP contribution in [0.3, 0.4) is 0 Å². The minimum absolute atomic E-state index is 0.252. The van der Waals surface area contributed by atoms with E-state index in [0.29, 0.717) is 17.2 Å². The molecule has 1 aromatic carbocycles. The fraction of sp³-hybridized carbons (Fsp3) is 0.238. The molecule has 0 spiro atoms. The van der Waals surface area contributed by atoms with E-state index in [-0.39, 0.29) is 12.4 Å². The molecule has 1 N–H and O–H groups in total. The first-order chi connectivity index (χ1) is 13.5. The van der Waals surface area contributed by atoms with Crippen molar-refractivity contribution in [2.75, 3.05) is 19.0 Å². The molecular weight excluding hydrogens is 359 g/mol. The number of nitrogens with one attached hydrogen (secondary N) is 1. The van der Waals surface area contributed by atoms with Gasteiger partial charge in [0.15, 0.2) is 5.82 Å². The molecule has 1 unspecified atom stereocenters. The topological polar surface area (TPSA) is 77.0 Å². The molecule has 3 rings (SSSR count). The quantitative estimate of drug-likeness (QED) is 0.658. The molecule has 0 amide bonds. The van der Waals surface area contributed by atoms with Gasteiger partial charge in [0.25, 0.3) is 0 Å². The Labute approximate surface area is 162 Å². The summed E-state index contributed by atoms with van der Waals surface area (Å²) in [6, 6.07) is 9.52. The van der Waals surface area contributed by atoms with Gasteiger partial charge >= 0.3 is 5.97 Å². The van der Waals surface area contributed by atoms with Crippen LogP contribution in [0.25, 0.3) is 11.4 Å². The largest absolute Gasteiger partial charge is 0.468 e. The number of hydrogen-bond acceptors (Lipinski definition) is 6. The number of aryl methyl sites for hydroxylation is 1. The van der Waals surface area contributed by atoms with Gasteiger partial charge in [-0.15, -0.1) is 0 Å². The number of nitrogens with zero attached hydrogens (tertiary/aromatic N) is 3. The maximum absolute atomic E-state index is 13.2. The second-order valence-electron chi connectivity index (χ2n) is 6.36. The van der Waals surface area contributed by atoms with Gasteiger partial charge in [-0.25, -0.2) is 14.4 Å². The molecule has 0 aliphatic heterocycles. The van der Waals surface area contributed by atoms with E-state index in [2.05, 4.69) is 20.3 Å². The Balaban J connectivity index is 1.88. The molecule has 0 aliphatic carbocycles. The number of benzene rings is 1. The zero-order chi connectivity index (χ0) is 20.1. The third-order valence-corrected chi connectivity index (χ3v) is 4.54. The van der Waals surface area contributed by atoms with Crippen molar-refractivity contribution >= 4 is 11.8 Å². The molecule has 2 aromatic heterocycles. The average molecular weight is 380 g/mol. The van der Waals surface area contributed by atoms with Crippen LogP contribution in [0.5, 0.6) is 0 Å². The van der Waals surface area contributed by atoms with Gasteiger partial charge in [0.2, 0.25) is 0 Å². The lowest BCUT2D eigenvalue weighted by molar-refractivity contribution is -0.142. The molecule has 0 aliphatic rings. The highest BCUT2D eigenvalue weighted by Gasteiger charge is 2.22. The maximum atomic E-state index is 13.2. The van der Waals surface area contributed by atoms with Crippen LogP contribution in [0.2, 0.25) is 0 Å². The summed E-state index contributed by atoms with van der Waals surface area (Å²) in [5.74, 6) is -0.182. The van der Waals surface area contributed by atoms with Gasteiger partial charge < -0.3 is 10.1 Å². The Kier molecular flexibility index (Phi) is 5.93. The van der Waals surface area contributed by atoms with Gasteiger partial charge in [0, 0.05) is 35.8 Å². The molecular formula is C21H21FN4O2. The van der Waals surface area contributed by atoms with Gasteiger partial charge in [0.1, 0.15) is 11.6 Å². The molecule has 0 fully saturated rings. The zero-order valence-corrected chi connectivity index (χ0v) is 15.9. The Hall–Kier alpha value is -3.35. The second kappa shape index (κ2) is 8.56. The highest BCUT2D eigenvalue weighted by molar-refractivity contribution is 5.79. The molecule has 28 heavy (non-hydrogen) atoms. The summed E-state index contributed by atoms with van der Waals surface area (Å²) < 4.78 is 18.2. The molecule has 1 atom stereocenters. The lowest BCUT2D eigenvalue weighted by Gasteiger charge is -2.18. The van der Waals surface area contributed by atoms with E-state index in [1.165, 1.54) is 19.2 Å². The number of methoxy groups -OCH3 is 1. The predicted molar refractivity (Wildman–Crippen MR) is 104 cm³/mol. The van der Waals surface area contributed by atoms with Gasteiger partial charge in [0.05, 0.1) is 13.0 Å². The molecule has 7 heteroatoms. The summed E-state index contributed by atoms with van der Waals surface area (Å²) in [7, 11) is 1.33. The summed E-state index contributed by atoms with van der Waals surface area (Å²) in [4.78, 5) is 25.5. The van der Waals surface area contributed by atoms with Crippen molar-refractivity contribution in [3.63, 3.8) is 0 Å². The monoisotopic (exact) mass is 380 g/mol. The number of carbonyl (C=O) groups is 1. The van der Waals surface area contributed by atoms with Gasteiger partial charge in [-0.1, -0.05) is 12.1 Å². The summed E-state index contributed by atoms with van der Waals surface area (Å²) in [6.07, 6.45) is 3.39. The average Bonchev–Trinajstić information content (AvgIpc) is 2.72. The van der Waals surface area contributed by atoms with Crippen LogP contribution in [0.15, 0.2) is 48.8 Å². The number of ether oxygens (including phenoxy) is 1. The first kappa shape index (κ1) is 19.4. The zero-order valence-electron chi connectivity index (χ0n) is 15.9. The lowest BCUT2D eigenvalue weighted by Crippen LogP contribution is -2.23. The third-order valence-electron chi connectivity index (χ3n) is 4.54. The van der Waals surface area contributed by atoms with E-state index in [4.69, 9.17) is 4.74 Å². The molecule has 0 radical (unpaired) electrons. The van der Waals surface area contributed by atoms with E-state index in [1.54, 1.807) is 24.5 Å². The molecule has 2 heterocycles. The Morgan fingerprint density at radius 3 is 2.57 bits per heavy atom. The summed E-state index contributed by atoms with van der Waals surface area (Å²) in [5, 5.41) is 3.23. The van der Waals surface area contributed by atoms with Crippen LogP contribution in [-0.4, -0.2) is 34.6 Å². The summed E-state index contributed by atoms with van der Waals surface area (Å²) >= 11 is 0. The minimum atomic E-state index is -0.595. The minimum Gasteiger partial charge on any atom is -0.468 e. The lowest BCUT2D eigenvalue weighted by atomic mass is 9.99. The second-order valence-corrected chi connectivity index (χ2v) is 6.36. The number of rotatable bonds is 6. The summed E-state index contributed by atoms with van der Waals surface area (Å²) in [6.45, 7) is 4.07. The van der Waals surface area contributed by atoms with Crippen molar-refractivity contribution in [2.24, 2.45) is 0 Å². The van der Waals surface area contributed by atoms with Crippen molar-refractivity contribution in [3.8, 4) is 11.4 Å². The summed E-state index contributed by atoms with van der Waals surface area (Å²) in [5.41, 5.74) is 3.18. The number of hydrogen-bond donors (Lipinski definition) is 1. The first-order valence-corrected chi connectivity index (χ1v) is 8.82.